The Labute approximate surface area is 159 Å². The van der Waals surface area contributed by atoms with Crippen molar-refractivity contribution in [3.63, 3.8) is 0 Å². The lowest BCUT2D eigenvalue weighted by atomic mass is 10.1. The number of alkyl halides is 2. The summed E-state index contributed by atoms with van der Waals surface area (Å²) in [6, 6.07) is 2.86. The maximum Gasteiger partial charge on any atom is 0.280 e. The van der Waals surface area contributed by atoms with E-state index >= 15 is 0 Å². The number of aryl methyl sites for hydroxylation is 2. The molecule has 27 heavy (non-hydrogen) atoms. The number of halogens is 2. The first-order chi connectivity index (χ1) is 13.0. The smallest absolute Gasteiger partial charge is 0.280 e. The van der Waals surface area contributed by atoms with E-state index in [-0.39, 0.29) is 17.7 Å². The Morgan fingerprint density at radius 1 is 0.889 bits per heavy atom. The Balaban J connectivity index is 2.57. The zero-order chi connectivity index (χ0) is 20.0. The van der Waals surface area contributed by atoms with E-state index in [2.05, 4.69) is 18.8 Å². The van der Waals surface area contributed by atoms with Gasteiger partial charge in [0.2, 0.25) is 11.8 Å². The summed E-state index contributed by atoms with van der Waals surface area (Å²) in [5, 5.41) is 0. The number of hydrogen-bond acceptors (Lipinski definition) is 5. The summed E-state index contributed by atoms with van der Waals surface area (Å²) in [5.41, 5.74) is 2.27. The molecule has 2 heterocycles. The zero-order valence-electron chi connectivity index (χ0n) is 16.6. The summed E-state index contributed by atoms with van der Waals surface area (Å²) < 4.78 is 37.2. The first-order valence-corrected chi connectivity index (χ1v) is 9.38. The first-order valence-electron chi connectivity index (χ1n) is 9.38. The van der Waals surface area contributed by atoms with E-state index in [9.17, 15) is 8.78 Å². The molecule has 0 unspecified atom stereocenters. The molecule has 0 aliphatic carbocycles. The number of methoxy groups -OCH3 is 1. The lowest BCUT2D eigenvalue weighted by molar-refractivity contribution is 0.145. The standard InChI is InChI=1S/C20H27F2N3O2/c1-6-12(7-2)27-20-15(9-4)23-17(14(8-3)24-20)13-10-11-16(18(21)22)25-19(13)26-5/h10-12,18H,6-9H2,1-5H3. The van der Waals surface area contributed by atoms with Crippen molar-refractivity contribution in [2.75, 3.05) is 7.11 Å². The lowest BCUT2D eigenvalue weighted by Gasteiger charge is -2.19. The highest BCUT2D eigenvalue weighted by atomic mass is 19.3. The highest BCUT2D eigenvalue weighted by Gasteiger charge is 2.21. The zero-order valence-corrected chi connectivity index (χ0v) is 16.6. The van der Waals surface area contributed by atoms with Gasteiger partial charge in [0.15, 0.2) is 0 Å². The van der Waals surface area contributed by atoms with E-state index in [4.69, 9.17) is 19.4 Å². The van der Waals surface area contributed by atoms with Crippen LogP contribution >= 0.6 is 0 Å². The molecule has 0 amide bonds. The van der Waals surface area contributed by atoms with Crippen molar-refractivity contribution in [2.24, 2.45) is 0 Å². The molecule has 0 bridgehead atoms. The summed E-state index contributed by atoms with van der Waals surface area (Å²) >= 11 is 0. The van der Waals surface area contributed by atoms with Crippen molar-refractivity contribution in [3.05, 3.63) is 29.2 Å². The van der Waals surface area contributed by atoms with Gasteiger partial charge in [-0.15, -0.1) is 0 Å². The predicted octanol–water partition coefficient (Wildman–Crippen LogP) is 5.18. The van der Waals surface area contributed by atoms with Gasteiger partial charge in [-0.2, -0.15) is 0 Å². The third kappa shape index (κ3) is 4.70. The van der Waals surface area contributed by atoms with Gasteiger partial charge in [-0.3, -0.25) is 0 Å². The number of nitrogens with zero attached hydrogens (tertiary/aromatic N) is 3. The third-order valence-corrected chi connectivity index (χ3v) is 4.42. The Morgan fingerprint density at radius 2 is 1.56 bits per heavy atom. The van der Waals surface area contributed by atoms with Crippen molar-refractivity contribution in [1.29, 1.82) is 0 Å². The van der Waals surface area contributed by atoms with Crippen LogP contribution in [0.25, 0.3) is 11.3 Å². The Bertz CT molecular complexity index is 765. The van der Waals surface area contributed by atoms with Crippen LogP contribution in [0, 0.1) is 0 Å². The molecular weight excluding hydrogens is 352 g/mol. The molecule has 0 saturated heterocycles. The molecule has 0 atom stereocenters. The van der Waals surface area contributed by atoms with Crippen molar-refractivity contribution in [2.45, 2.75) is 65.9 Å². The molecule has 2 aromatic heterocycles. The fourth-order valence-corrected chi connectivity index (χ4v) is 2.80. The molecule has 7 heteroatoms. The number of ether oxygens (including phenoxy) is 2. The minimum atomic E-state index is -2.66. The van der Waals surface area contributed by atoms with E-state index in [1.165, 1.54) is 13.2 Å². The molecule has 0 aliphatic rings. The van der Waals surface area contributed by atoms with Gasteiger partial charge in [-0.25, -0.2) is 23.7 Å². The van der Waals surface area contributed by atoms with Crippen LogP contribution in [0.5, 0.6) is 11.8 Å². The van der Waals surface area contributed by atoms with Crippen LogP contribution in [0.15, 0.2) is 12.1 Å². The van der Waals surface area contributed by atoms with Crippen molar-refractivity contribution < 1.29 is 18.3 Å². The molecule has 148 valence electrons. The van der Waals surface area contributed by atoms with E-state index in [1.807, 2.05) is 13.8 Å². The molecule has 0 fully saturated rings. The molecule has 2 aromatic rings. The fraction of sp³-hybridized carbons (Fsp3) is 0.550. The lowest BCUT2D eigenvalue weighted by Crippen LogP contribution is -2.17. The van der Waals surface area contributed by atoms with Crippen molar-refractivity contribution >= 4 is 0 Å². The summed E-state index contributed by atoms with van der Waals surface area (Å²) in [7, 11) is 1.41. The summed E-state index contributed by atoms with van der Waals surface area (Å²) in [6.07, 6.45) is 0.457. The molecule has 0 N–H and O–H groups in total. The largest absolute Gasteiger partial charge is 0.480 e. The van der Waals surface area contributed by atoms with E-state index in [0.717, 1.165) is 24.2 Å². The topological polar surface area (TPSA) is 57.1 Å². The van der Waals surface area contributed by atoms with Gasteiger partial charge in [0.25, 0.3) is 6.43 Å². The summed E-state index contributed by atoms with van der Waals surface area (Å²) in [5.74, 6) is 0.662. The Morgan fingerprint density at radius 3 is 2.07 bits per heavy atom. The van der Waals surface area contributed by atoms with Crippen LogP contribution in [0.3, 0.4) is 0 Å². The van der Waals surface area contributed by atoms with Crippen LogP contribution in [-0.4, -0.2) is 28.2 Å². The maximum atomic E-state index is 13.0. The molecule has 0 aromatic carbocycles. The quantitative estimate of drug-likeness (QED) is 0.601. The second-order valence-electron chi connectivity index (χ2n) is 6.13. The summed E-state index contributed by atoms with van der Waals surface area (Å²) in [6.45, 7) is 8.09. The normalized spacial score (nSPS) is 11.3. The SMILES string of the molecule is CCc1nc(-c2ccc(C(F)F)nc2OC)c(CC)nc1OC(CC)CC. The summed E-state index contributed by atoms with van der Waals surface area (Å²) in [4.78, 5) is 13.4. The van der Waals surface area contributed by atoms with Crippen molar-refractivity contribution in [1.82, 2.24) is 15.0 Å². The molecule has 0 saturated carbocycles. The minimum absolute atomic E-state index is 0.0849. The highest BCUT2D eigenvalue weighted by molar-refractivity contribution is 5.68. The van der Waals surface area contributed by atoms with Gasteiger partial charge < -0.3 is 9.47 Å². The molecule has 0 spiro atoms. The number of pyridine rings is 1. The predicted molar refractivity (Wildman–Crippen MR) is 101 cm³/mol. The molecule has 2 rings (SSSR count). The molecule has 5 nitrogen and oxygen atoms in total. The Kier molecular flexibility index (Phi) is 7.45. The van der Waals surface area contributed by atoms with Gasteiger partial charge in [-0.05, 0) is 37.8 Å². The van der Waals surface area contributed by atoms with Crippen LogP contribution in [-0.2, 0) is 12.8 Å². The first kappa shape index (κ1) is 21.0. The minimum Gasteiger partial charge on any atom is -0.480 e. The van der Waals surface area contributed by atoms with Crippen LogP contribution < -0.4 is 9.47 Å². The van der Waals surface area contributed by atoms with Gasteiger partial charge in [0, 0.05) is 0 Å². The van der Waals surface area contributed by atoms with Gasteiger partial charge in [0.05, 0.1) is 30.2 Å². The second-order valence-corrected chi connectivity index (χ2v) is 6.13. The van der Waals surface area contributed by atoms with Gasteiger partial charge in [0.1, 0.15) is 11.4 Å². The van der Waals surface area contributed by atoms with Crippen molar-refractivity contribution in [3.8, 4) is 23.0 Å². The third-order valence-electron chi connectivity index (χ3n) is 4.42. The van der Waals surface area contributed by atoms with Crippen LogP contribution in [0.1, 0.15) is 64.0 Å². The van der Waals surface area contributed by atoms with E-state index < -0.39 is 6.43 Å². The number of rotatable bonds is 9. The maximum absolute atomic E-state index is 13.0. The second kappa shape index (κ2) is 9.58. The average molecular weight is 379 g/mol. The monoisotopic (exact) mass is 379 g/mol. The highest BCUT2D eigenvalue weighted by Crippen LogP contribution is 2.33. The molecule has 0 aliphatic heterocycles. The molecular formula is C20H27F2N3O2. The van der Waals surface area contributed by atoms with Crippen LogP contribution in [0.2, 0.25) is 0 Å². The fourth-order valence-electron chi connectivity index (χ4n) is 2.80. The van der Waals surface area contributed by atoms with Gasteiger partial charge >= 0.3 is 0 Å². The average Bonchev–Trinajstić information content (AvgIpc) is 2.70. The van der Waals surface area contributed by atoms with Crippen LogP contribution in [0.4, 0.5) is 8.78 Å². The molecule has 0 radical (unpaired) electrons. The van der Waals surface area contributed by atoms with E-state index in [1.54, 1.807) is 6.07 Å². The van der Waals surface area contributed by atoms with Gasteiger partial charge in [-0.1, -0.05) is 27.7 Å². The van der Waals surface area contributed by atoms with E-state index in [0.29, 0.717) is 30.0 Å². The number of aromatic nitrogens is 3. The Hall–Kier alpha value is -2.31. The number of hydrogen-bond donors (Lipinski definition) is 0.